The van der Waals surface area contributed by atoms with Gasteiger partial charge in [0.2, 0.25) is 5.90 Å². The number of alkyl halides is 6. The molecule has 0 aromatic heterocycles. The monoisotopic (exact) mass is 381 g/mol. The van der Waals surface area contributed by atoms with Crippen molar-refractivity contribution >= 4 is 27.0 Å². The molecule has 0 saturated heterocycles. The van der Waals surface area contributed by atoms with Gasteiger partial charge in [-0.15, -0.1) is 10.6 Å². The molecule has 1 aliphatic rings. The highest BCUT2D eigenvalue weighted by Crippen LogP contribution is 2.80. The lowest BCUT2D eigenvalue weighted by Crippen LogP contribution is -2.38. The van der Waals surface area contributed by atoms with Crippen molar-refractivity contribution in [2.75, 3.05) is 12.5 Å². The summed E-state index contributed by atoms with van der Waals surface area (Å²) in [6.07, 6.45) is 1.87. The molecule has 1 heterocycles. The van der Waals surface area contributed by atoms with Crippen LogP contribution in [0.2, 0.25) is 0 Å². The number of hydrogen-bond donors (Lipinski definition) is 0. The summed E-state index contributed by atoms with van der Waals surface area (Å²) in [5, 5.41) is 0. The van der Waals surface area contributed by atoms with E-state index >= 15 is 0 Å². The van der Waals surface area contributed by atoms with E-state index in [1.165, 1.54) is 0 Å². The topological polar surface area (TPSA) is 30.8 Å². The Morgan fingerprint density at radius 2 is 1.48 bits per heavy atom. The molecule has 0 spiro atoms. The van der Waals surface area contributed by atoms with Crippen LogP contribution in [0.5, 0.6) is 0 Å². The average Bonchev–Trinajstić information content (AvgIpc) is 2.35. The van der Waals surface area contributed by atoms with Crippen LogP contribution < -0.4 is 0 Å². The Hall–Kier alpha value is -1.07. The van der Waals surface area contributed by atoms with Gasteiger partial charge in [-0.25, -0.2) is 0 Å². The highest BCUT2D eigenvalue weighted by Gasteiger charge is 2.72. The molecule has 0 radical (unpaired) electrons. The molecule has 23 heavy (non-hydrogen) atoms. The molecule has 0 fully saturated rings. The van der Waals surface area contributed by atoms with Gasteiger partial charge in [0, 0.05) is 12.5 Å². The lowest BCUT2D eigenvalue weighted by atomic mass is 10.2. The Kier molecular flexibility index (Phi) is 4.59. The van der Waals surface area contributed by atoms with Gasteiger partial charge in [-0.1, -0.05) is 30.3 Å². The molecule has 0 aliphatic carbocycles. The Morgan fingerprint density at radius 3 is 1.96 bits per heavy atom. The van der Waals surface area contributed by atoms with Gasteiger partial charge in [-0.3, -0.25) is 0 Å². The highest BCUT2D eigenvalue weighted by atomic mass is 32.3. The van der Waals surface area contributed by atoms with Crippen molar-refractivity contribution in [3.05, 3.63) is 35.9 Å². The molecule has 0 N–H and O–H groups in total. The van der Waals surface area contributed by atoms with E-state index in [1.54, 1.807) is 30.3 Å². The van der Waals surface area contributed by atoms with Crippen molar-refractivity contribution < 1.29 is 34.2 Å². The van der Waals surface area contributed by atoms with E-state index in [2.05, 4.69) is 8.03 Å². The summed E-state index contributed by atoms with van der Waals surface area (Å²) in [6.45, 7) is 0. The van der Waals surface area contributed by atoms with Gasteiger partial charge < -0.3 is 4.18 Å². The second kappa shape index (κ2) is 5.78. The van der Waals surface area contributed by atoms with E-state index in [0.717, 1.165) is 12.5 Å². The van der Waals surface area contributed by atoms with Gasteiger partial charge in [-0.2, -0.15) is 34.4 Å². The highest BCUT2D eigenvalue weighted by molar-refractivity contribution is 8.40. The Bertz CT molecular complexity index is 586. The van der Waals surface area contributed by atoms with E-state index in [9.17, 15) is 26.3 Å². The number of halogens is 6. The zero-order chi connectivity index (χ0) is 17.5. The molecule has 132 valence electrons. The standard InChI is InChI=1S/C12H13F6NO2S2/c1-22(2)20-10(8-9-6-4-3-5-7-9)19-23(21-22,11(13,14)15)12(16,17)18/h3-7H,8H2,1-2H3. The molecule has 0 saturated carbocycles. The minimum Gasteiger partial charge on any atom is -0.375 e. The zero-order valence-corrected chi connectivity index (χ0v) is 13.6. The van der Waals surface area contributed by atoms with E-state index in [1.807, 2.05) is 0 Å². The lowest BCUT2D eigenvalue weighted by molar-refractivity contribution is -0.0890. The third kappa shape index (κ3) is 3.72. The first kappa shape index (κ1) is 18.3. The van der Waals surface area contributed by atoms with Crippen molar-refractivity contribution in [1.29, 1.82) is 0 Å². The first-order valence-electron chi connectivity index (χ1n) is 6.09. The molecule has 1 aliphatic heterocycles. The van der Waals surface area contributed by atoms with E-state index < -0.39 is 38.0 Å². The van der Waals surface area contributed by atoms with Crippen LogP contribution in [0.4, 0.5) is 26.3 Å². The molecule has 11 heteroatoms. The summed E-state index contributed by atoms with van der Waals surface area (Å²) in [6, 6.07) is 8.01. The van der Waals surface area contributed by atoms with Crippen LogP contribution in [0.1, 0.15) is 5.56 Å². The molecule has 1 aromatic carbocycles. The van der Waals surface area contributed by atoms with Crippen LogP contribution in [0.15, 0.2) is 34.7 Å². The number of rotatable bonds is 2. The Morgan fingerprint density at radius 1 is 0.957 bits per heavy atom. The van der Waals surface area contributed by atoms with Gasteiger partial charge in [-0.05, 0) is 5.56 Å². The maximum atomic E-state index is 13.2. The molecule has 3 nitrogen and oxygen atoms in total. The van der Waals surface area contributed by atoms with Gasteiger partial charge in [0.15, 0.2) is 10.5 Å². The fourth-order valence-corrected chi connectivity index (χ4v) is 6.01. The first-order chi connectivity index (χ1) is 10.4. The van der Waals surface area contributed by atoms with Crippen LogP contribution in [-0.2, 0) is 14.2 Å². The van der Waals surface area contributed by atoms with Crippen molar-refractivity contribution in [2.45, 2.75) is 17.4 Å². The van der Waals surface area contributed by atoms with Crippen molar-refractivity contribution in [2.24, 2.45) is 4.40 Å². The normalized spacial score (nSPS) is 23.4. The van der Waals surface area contributed by atoms with Gasteiger partial charge >= 0.3 is 11.0 Å². The van der Waals surface area contributed by atoms with Crippen LogP contribution in [0, 0.1) is 0 Å². The van der Waals surface area contributed by atoms with Crippen molar-refractivity contribution in [1.82, 2.24) is 0 Å². The average molecular weight is 381 g/mol. The third-order valence-corrected chi connectivity index (χ3v) is 7.02. The van der Waals surface area contributed by atoms with Gasteiger partial charge in [0.05, 0.1) is 6.42 Å². The summed E-state index contributed by atoms with van der Waals surface area (Å²) in [7, 11) is -8.77. The maximum Gasteiger partial charge on any atom is 0.476 e. The lowest BCUT2D eigenvalue weighted by Gasteiger charge is -2.49. The Balaban J connectivity index is 2.51. The van der Waals surface area contributed by atoms with Crippen LogP contribution >= 0.6 is 21.1 Å². The molecule has 0 bridgehead atoms. The predicted octanol–water partition coefficient (Wildman–Crippen LogP) is 5.24. The first-order valence-corrected chi connectivity index (χ1v) is 9.90. The summed E-state index contributed by atoms with van der Waals surface area (Å²) < 4.78 is 91.5. The van der Waals surface area contributed by atoms with Crippen LogP contribution in [-0.4, -0.2) is 29.4 Å². The molecule has 2 rings (SSSR count). The molecular weight excluding hydrogens is 368 g/mol. The quantitative estimate of drug-likeness (QED) is 0.656. The summed E-state index contributed by atoms with van der Waals surface area (Å²) >= 11 is 0. The largest absolute Gasteiger partial charge is 0.476 e. The van der Waals surface area contributed by atoms with Gasteiger partial charge in [0.25, 0.3) is 0 Å². The molecule has 0 amide bonds. The minimum absolute atomic E-state index is 0.276. The van der Waals surface area contributed by atoms with Crippen molar-refractivity contribution in [3.63, 3.8) is 0 Å². The molecule has 1 aromatic rings. The molecule has 0 atom stereocenters. The number of benzene rings is 1. The van der Waals surface area contributed by atoms with E-state index in [-0.39, 0.29) is 6.42 Å². The predicted molar refractivity (Wildman–Crippen MR) is 78.9 cm³/mol. The summed E-state index contributed by atoms with van der Waals surface area (Å²) in [4.78, 5) is 0. The molecule has 0 unspecified atom stereocenters. The fraction of sp³-hybridized carbons (Fsp3) is 0.417. The smallest absolute Gasteiger partial charge is 0.375 e. The fourth-order valence-electron chi connectivity index (χ4n) is 1.80. The van der Waals surface area contributed by atoms with E-state index in [4.69, 9.17) is 4.18 Å². The maximum absolute atomic E-state index is 13.2. The van der Waals surface area contributed by atoms with Gasteiger partial charge in [0.1, 0.15) is 0 Å². The SMILES string of the molecule is CS1(C)OC(Cc2ccccc2)=NS(C(F)(F)F)(C(F)(F)F)O1. The summed E-state index contributed by atoms with van der Waals surface area (Å²) in [5.74, 6) is -0.618. The summed E-state index contributed by atoms with van der Waals surface area (Å²) in [5.41, 5.74) is -10.9. The van der Waals surface area contributed by atoms with Crippen molar-refractivity contribution in [3.8, 4) is 0 Å². The number of hydrogen-bond acceptors (Lipinski definition) is 3. The Labute approximate surface area is 132 Å². The molecular formula is C12H13F6NO2S2. The second-order valence-corrected chi connectivity index (χ2v) is 10.0. The van der Waals surface area contributed by atoms with Crippen LogP contribution in [0.25, 0.3) is 0 Å². The zero-order valence-electron chi connectivity index (χ0n) is 11.9. The minimum atomic E-state index is -5.71. The van der Waals surface area contributed by atoms with Crippen LogP contribution in [0.3, 0.4) is 0 Å². The van der Waals surface area contributed by atoms with E-state index in [0.29, 0.717) is 5.56 Å². The third-order valence-electron chi connectivity index (χ3n) is 2.62. The number of nitrogens with zero attached hydrogens (tertiary/aromatic N) is 1. The second-order valence-electron chi connectivity index (χ2n) is 4.86.